The van der Waals surface area contributed by atoms with E-state index < -0.39 is 5.97 Å². The average Bonchev–Trinajstić information content (AvgIpc) is 3.09. The summed E-state index contributed by atoms with van der Waals surface area (Å²) in [5.41, 5.74) is 0.882. The van der Waals surface area contributed by atoms with Crippen LogP contribution in [0.25, 0.3) is 5.69 Å². The van der Waals surface area contributed by atoms with Crippen LogP contribution in [-0.4, -0.2) is 31.3 Å². The zero-order valence-electron chi connectivity index (χ0n) is 10.7. The van der Waals surface area contributed by atoms with E-state index in [1.54, 1.807) is 22.9 Å². The molecule has 0 spiro atoms. The van der Waals surface area contributed by atoms with Gasteiger partial charge in [-0.25, -0.2) is 4.79 Å². The third-order valence-corrected chi connectivity index (χ3v) is 4.31. The van der Waals surface area contributed by atoms with Crippen molar-refractivity contribution < 1.29 is 9.90 Å². The summed E-state index contributed by atoms with van der Waals surface area (Å²) < 4.78 is 2.42. The molecule has 0 saturated heterocycles. The van der Waals surface area contributed by atoms with Crippen LogP contribution in [0.5, 0.6) is 0 Å². The second-order valence-electron chi connectivity index (χ2n) is 4.90. The van der Waals surface area contributed by atoms with Crippen LogP contribution < -0.4 is 0 Å². The average molecular weight is 337 g/mol. The van der Waals surface area contributed by atoms with E-state index in [9.17, 15) is 4.79 Å². The van der Waals surface area contributed by atoms with Crippen molar-refractivity contribution in [2.24, 2.45) is 0 Å². The van der Waals surface area contributed by atoms with Crippen LogP contribution in [0, 0.1) is 0 Å². The molecule has 0 unspecified atom stereocenters. The maximum Gasteiger partial charge on any atom is 0.335 e. The normalized spacial score (nSPS) is 15.7. The molecule has 20 heavy (non-hydrogen) atoms. The lowest BCUT2D eigenvalue weighted by Gasteiger charge is -2.11. The Bertz CT molecular complexity index is 650. The number of nitrogens with zero attached hydrogens (tertiary/aromatic N) is 4. The maximum atomic E-state index is 11.1. The lowest BCUT2D eigenvalue weighted by Crippen LogP contribution is -2.08. The third-order valence-electron chi connectivity index (χ3n) is 3.64. The first-order valence-electron chi connectivity index (χ1n) is 6.48. The fourth-order valence-electron chi connectivity index (χ4n) is 2.61. The molecule has 1 aliphatic rings. The summed E-state index contributed by atoms with van der Waals surface area (Å²) in [6.45, 7) is 0. The molecular formula is C13H13BrN4O2. The van der Waals surface area contributed by atoms with Crippen LogP contribution in [0.15, 0.2) is 22.7 Å². The number of aromatic nitrogens is 4. The lowest BCUT2D eigenvalue weighted by molar-refractivity contribution is 0.0697. The first kappa shape index (κ1) is 13.2. The largest absolute Gasteiger partial charge is 0.478 e. The van der Waals surface area contributed by atoms with Gasteiger partial charge in [-0.2, -0.15) is 4.68 Å². The molecule has 1 saturated carbocycles. The predicted octanol–water partition coefficient (Wildman–Crippen LogP) is 2.78. The number of hydrogen-bond donors (Lipinski definition) is 1. The van der Waals surface area contributed by atoms with Gasteiger partial charge in [-0.15, -0.1) is 5.10 Å². The Morgan fingerprint density at radius 1 is 1.35 bits per heavy atom. The predicted molar refractivity (Wildman–Crippen MR) is 75.0 cm³/mol. The van der Waals surface area contributed by atoms with Gasteiger partial charge in [0, 0.05) is 10.4 Å². The smallest absolute Gasteiger partial charge is 0.335 e. The minimum Gasteiger partial charge on any atom is -0.478 e. The summed E-state index contributed by atoms with van der Waals surface area (Å²) in [6, 6.07) is 4.84. The highest BCUT2D eigenvalue weighted by atomic mass is 79.9. The number of carbonyl (C=O) groups is 1. The van der Waals surface area contributed by atoms with Gasteiger partial charge in [0.2, 0.25) is 0 Å². The molecular weight excluding hydrogens is 324 g/mol. The monoisotopic (exact) mass is 336 g/mol. The summed E-state index contributed by atoms with van der Waals surface area (Å²) in [5.74, 6) is 0.199. The highest BCUT2D eigenvalue weighted by Gasteiger charge is 2.24. The van der Waals surface area contributed by atoms with Gasteiger partial charge in [0.1, 0.15) is 0 Å². The van der Waals surface area contributed by atoms with Gasteiger partial charge in [-0.3, -0.25) is 0 Å². The molecule has 1 N–H and O–H groups in total. The van der Waals surface area contributed by atoms with E-state index in [2.05, 4.69) is 31.5 Å². The third kappa shape index (κ3) is 2.33. The van der Waals surface area contributed by atoms with Crippen LogP contribution in [0.3, 0.4) is 0 Å². The minimum absolute atomic E-state index is 0.219. The van der Waals surface area contributed by atoms with Crippen LogP contribution in [-0.2, 0) is 0 Å². The highest BCUT2D eigenvalue weighted by molar-refractivity contribution is 9.10. The summed E-state index contributed by atoms with van der Waals surface area (Å²) in [4.78, 5) is 11.1. The summed E-state index contributed by atoms with van der Waals surface area (Å²) in [6.07, 6.45) is 4.54. The number of benzene rings is 1. The van der Waals surface area contributed by atoms with E-state index in [0.29, 0.717) is 11.6 Å². The fourth-order valence-corrected chi connectivity index (χ4v) is 3.03. The number of carboxylic acids is 1. The van der Waals surface area contributed by atoms with Crippen molar-refractivity contribution in [2.75, 3.05) is 0 Å². The van der Waals surface area contributed by atoms with E-state index in [1.807, 2.05) is 0 Å². The van der Waals surface area contributed by atoms with Crippen molar-refractivity contribution >= 4 is 21.9 Å². The molecule has 104 valence electrons. The van der Waals surface area contributed by atoms with E-state index in [4.69, 9.17) is 5.11 Å². The van der Waals surface area contributed by atoms with Gasteiger partial charge in [-0.1, -0.05) is 12.8 Å². The second-order valence-corrected chi connectivity index (χ2v) is 5.76. The molecule has 0 radical (unpaired) electrons. The molecule has 2 aromatic rings. The van der Waals surface area contributed by atoms with Gasteiger partial charge in [0.15, 0.2) is 5.82 Å². The van der Waals surface area contributed by atoms with Crippen LogP contribution >= 0.6 is 15.9 Å². The van der Waals surface area contributed by atoms with Crippen molar-refractivity contribution in [1.82, 2.24) is 20.2 Å². The van der Waals surface area contributed by atoms with Gasteiger partial charge >= 0.3 is 5.97 Å². The SMILES string of the molecule is O=C(O)c1ccc(Br)c(-n2nnnc2C2CCCC2)c1. The number of hydrogen-bond acceptors (Lipinski definition) is 4. The zero-order chi connectivity index (χ0) is 14.1. The number of halogens is 1. The molecule has 1 aliphatic carbocycles. The first-order chi connectivity index (χ1) is 9.66. The fraction of sp³-hybridized carbons (Fsp3) is 0.385. The summed E-state index contributed by atoms with van der Waals surface area (Å²) in [5, 5.41) is 21.0. The zero-order valence-corrected chi connectivity index (χ0v) is 12.2. The standard InChI is InChI=1S/C13H13BrN4O2/c14-10-6-5-9(13(19)20)7-11(10)18-12(15-16-17-18)8-3-1-2-4-8/h5-8H,1-4H2,(H,19,20). The van der Waals surface area contributed by atoms with E-state index >= 15 is 0 Å². The second kappa shape index (κ2) is 5.32. The Morgan fingerprint density at radius 2 is 2.10 bits per heavy atom. The Balaban J connectivity index is 2.07. The molecule has 1 fully saturated rings. The number of tetrazole rings is 1. The van der Waals surface area contributed by atoms with Crippen molar-refractivity contribution in [3.05, 3.63) is 34.1 Å². The molecule has 1 aromatic heterocycles. The first-order valence-corrected chi connectivity index (χ1v) is 7.27. The Hall–Kier alpha value is -1.76. The molecule has 6 nitrogen and oxygen atoms in total. The van der Waals surface area contributed by atoms with Gasteiger partial charge in [0.05, 0.1) is 11.3 Å². The van der Waals surface area contributed by atoms with Crippen molar-refractivity contribution in [2.45, 2.75) is 31.6 Å². The number of aromatic carboxylic acids is 1. The Kier molecular flexibility index (Phi) is 3.52. The molecule has 0 bridgehead atoms. The van der Waals surface area contributed by atoms with Gasteiger partial charge in [0.25, 0.3) is 0 Å². The minimum atomic E-state index is -0.964. The van der Waals surface area contributed by atoms with Crippen molar-refractivity contribution in [3.63, 3.8) is 0 Å². The molecule has 1 aromatic carbocycles. The molecule has 1 heterocycles. The molecule has 0 atom stereocenters. The topological polar surface area (TPSA) is 80.9 Å². The van der Waals surface area contributed by atoms with Gasteiger partial charge < -0.3 is 5.11 Å². The lowest BCUT2D eigenvalue weighted by atomic mass is 10.1. The number of rotatable bonds is 3. The van der Waals surface area contributed by atoms with E-state index in [0.717, 1.165) is 23.1 Å². The molecule has 0 amide bonds. The quantitative estimate of drug-likeness (QED) is 0.931. The molecule has 3 rings (SSSR count). The van der Waals surface area contributed by atoms with Crippen LogP contribution in [0.1, 0.15) is 47.8 Å². The Morgan fingerprint density at radius 3 is 2.80 bits per heavy atom. The highest BCUT2D eigenvalue weighted by Crippen LogP contribution is 2.34. The molecule has 7 heteroatoms. The summed E-state index contributed by atoms with van der Waals surface area (Å²) in [7, 11) is 0. The van der Waals surface area contributed by atoms with Crippen LogP contribution in [0.4, 0.5) is 0 Å². The van der Waals surface area contributed by atoms with Crippen LogP contribution in [0.2, 0.25) is 0 Å². The van der Waals surface area contributed by atoms with Gasteiger partial charge in [-0.05, 0) is 57.4 Å². The van der Waals surface area contributed by atoms with Crippen molar-refractivity contribution in [1.29, 1.82) is 0 Å². The Labute approximate surface area is 123 Å². The summed E-state index contributed by atoms with van der Waals surface area (Å²) >= 11 is 3.43. The molecule has 0 aliphatic heterocycles. The van der Waals surface area contributed by atoms with E-state index in [-0.39, 0.29) is 5.56 Å². The van der Waals surface area contributed by atoms with Crippen molar-refractivity contribution in [3.8, 4) is 5.69 Å². The van der Waals surface area contributed by atoms with E-state index in [1.165, 1.54) is 12.8 Å². The maximum absolute atomic E-state index is 11.1. The number of carboxylic acid groups (broad SMARTS) is 1.